The lowest BCUT2D eigenvalue weighted by atomic mass is 9.89. The van der Waals surface area contributed by atoms with Crippen LogP contribution in [0.1, 0.15) is 51.4 Å². The molecule has 0 radical (unpaired) electrons. The molecule has 1 aliphatic rings. The second-order valence-corrected chi connectivity index (χ2v) is 12.3. The molecule has 43 heavy (non-hydrogen) atoms. The Kier molecular flexibility index (Phi) is 9.29. The van der Waals surface area contributed by atoms with Crippen molar-refractivity contribution in [2.24, 2.45) is 0 Å². The van der Waals surface area contributed by atoms with Gasteiger partial charge in [0.1, 0.15) is 28.0 Å². The van der Waals surface area contributed by atoms with Crippen molar-refractivity contribution in [3.05, 3.63) is 81.5 Å². The Hall–Kier alpha value is -3.60. The van der Waals surface area contributed by atoms with Gasteiger partial charge in [-0.15, -0.1) is 11.3 Å². The Balaban J connectivity index is 1.55. The normalized spacial score (nSPS) is 16.7. The monoisotopic (exact) mass is 626 g/mol. The zero-order valence-electron chi connectivity index (χ0n) is 24.4. The number of ether oxygens (including phenoxy) is 1. The molecule has 0 atom stereocenters. The minimum atomic E-state index is -0.670. The number of hydrogen-bond donors (Lipinski definition) is 1. The van der Waals surface area contributed by atoms with E-state index in [1.54, 1.807) is 38.4 Å². The van der Waals surface area contributed by atoms with Gasteiger partial charge in [-0.3, -0.25) is 14.6 Å². The predicted molar refractivity (Wildman–Crippen MR) is 166 cm³/mol. The number of aromatic nitrogens is 1. The van der Waals surface area contributed by atoms with E-state index < -0.39 is 11.6 Å². The summed E-state index contributed by atoms with van der Waals surface area (Å²) in [6.45, 7) is 0.189. The molecule has 11 heteroatoms. The average molecular weight is 627 g/mol. The fourth-order valence-corrected chi connectivity index (χ4v) is 7.14. The molecular weight excluding hydrogens is 594 g/mol. The van der Waals surface area contributed by atoms with Gasteiger partial charge in [0.15, 0.2) is 0 Å². The molecule has 2 aromatic carbocycles. The third kappa shape index (κ3) is 6.23. The Bertz CT molecular complexity index is 1670. The number of thiophene rings is 1. The molecule has 0 spiro atoms. The van der Waals surface area contributed by atoms with Gasteiger partial charge in [0.25, 0.3) is 11.8 Å². The van der Waals surface area contributed by atoms with E-state index in [1.807, 2.05) is 31.3 Å². The second-order valence-electron chi connectivity index (χ2n) is 10.9. The van der Waals surface area contributed by atoms with Crippen LogP contribution in [0, 0.1) is 11.6 Å². The molecule has 4 aromatic rings. The molecule has 1 fully saturated rings. The van der Waals surface area contributed by atoms with E-state index in [2.05, 4.69) is 10.3 Å². The third-order valence-electron chi connectivity index (χ3n) is 8.02. The van der Waals surface area contributed by atoms with Crippen LogP contribution in [0.25, 0.3) is 21.2 Å². The maximum atomic E-state index is 14.7. The number of nitrogens with one attached hydrogen (secondary N) is 1. The van der Waals surface area contributed by atoms with E-state index in [4.69, 9.17) is 16.3 Å². The summed E-state index contributed by atoms with van der Waals surface area (Å²) < 4.78 is 35.1. The van der Waals surface area contributed by atoms with E-state index in [0.717, 1.165) is 65.8 Å². The molecule has 2 heterocycles. The van der Waals surface area contributed by atoms with Crippen molar-refractivity contribution in [3.8, 4) is 16.9 Å². The Morgan fingerprint density at radius 3 is 2.37 bits per heavy atom. The third-order valence-corrected chi connectivity index (χ3v) is 9.70. The minimum Gasteiger partial charge on any atom is -0.496 e. The number of benzene rings is 2. The minimum absolute atomic E-state index is 0.0209. The lowest BCUT2D eigenvalue weighted by Crippen LogP contribution is -2.44. The van der Waals surface area contributed by atoms with E-state index in [0.29, 0.717) is 17.5 Å². The molecule has 1 saturated carbocycles. The van der Waals surface area contributed by atoms with Gasteiger partial charge in [0.05, 0.1) is 22.2 Å². The van der Waals surface area contributed by atoms with Crippen molar-refractivity contribution in [1.82, 2.24) is 20.1 Å². The number of carbonyl (C=O) groups excluding carboxylic acids is 2. The van der Waals surface area contributed by atoms with Crippen molar-refractivity contribution in [1.29, 1.82) is 0 Å². The summed E-state index contributed by atoms with van der Waals surface area (Å²) >= 11 is 7.44. The van der Waals surface area contributed by atoms with Gasteiger partial charge in [-0.05, 0) is 80.3 Å². The number of nitrogens with zero attached hydrogens (tertiary/aromatic N) is 3. The number of rotatable bonds is 8. The van der Waals surface area contributed by atoms with E-state index >= 15 is 0 Å². The smallest absolute Gasteiger partial charge is 0.271 e. The number of methoxy groups -OCH3 is 1. The van der Waals surface area contributed by atoms with Gasteiger partial charge in [-0.25, -0.2) is 8.78 Å². The van der Waals surface area contributed by atoms with Crippen LogP contribution in [-0.4, -0.2) is 66.9 Å². The molecule has 2 aromatic heterocycles. The largest absolute Gasteiger partial charge is 0.496 e. The number of halogens is 3. The standard InChI is InChI=1S/C32H33ClF2N4O3S/c1-36-21-6-8-22(9-7-21)39(32(41)30-28(33)27-23(34)10-11-24(35)29(27)43-30)17-20-15-18(5-12-26(20)42-4)19-13-14-37-25(16-19)31(40)38(2)3/h5,10-16,21-22,36H,6-9,17H2,1-4H3/t21-,22-. The van der Waals surface area contributed by atoms with Crippen molar-refractivity contribution < 1.29 is 23.1 Å². The van der Waals surface area contributed by atoms with Gasteiger partial charge in [-0.2, -0.15) is 0 Å². The van der Waals surface area contributed by atoms with E-state index in [9.17, 15) is 18.4 Å². The van der Waals surface area contributed by atoms with Crippen LogP contribution in [0.2, 0.25) is 5.02 Å². The van der Waals surface area contributed by atoms with E-state index in [-0.39, 0.29) is 44.4 Å². The number of hydrogen-bond acceptors (Lipinski definition) is 6. The Morgan fingerprint density at radius 2 is 1.72 bits per heavy atom. The summed E-state index contributed by atoms with van der Waals surface area (Å²) in [4.78, 5) is 34.3. The molecule has 0 aliphatic heterocycles. The second kappa shape index (κ2) is 13.0. The molecule has 0 unspecified atom stereocenters. The van der Waals surface area contributed by atoms with Gasteiger partial charge < -0.3 is 19.9 Å². The number of carbonyl (C=O) groups is 2. The molecule has 226 valence electrons. The SMILES string of the molecule is CN[C@H]1CC[C@H](N(Cc2cc(-c3ccnc(C(=O)N(C)C)c3)ccc2OC)C(=O)c2sc3c(F)ccc(F)c3c2Cl)CC1. The highest BCUT2D eigenvalue weighted by atomic mass is 35.5. The molecular formula is C32H33ClF2N4O3S. The maximum absolute atomic E-state index is 14.7. The van der Waals surface area contributed by atoms with Crippen molar-refractivity contribution in [2.45, 2.75) is 44.3 Å². The first kappa shape index (κ1) is 30.8. The predicted octanol–water partition coefficient (Wildman–Crippen LogP) is 6.78. The Labute approximate surface area is 258 Å². The summed E-state index contributed by atoms with van der Waals surface area (Å²) in [7, 11) is 6.84. The van der Waals surface area contributed by atoms with Crippen LogP contribution in [0.5, 0.6) is 5.75 Å². The van der Waals surface area contributed by atoms with Gasteiger partial charge in [0, 0.05) is 44.5 Å². The highest BCUT2D eigenvalue weighted by Crippen LogP contribution is 2.40. The van der Waals surface area contributed by atoms with E-state index in [1.165, 1.54) is 4.90 Å². The summed E-state index contributed by atoms with van der Waals surface area (Å²) in [6.07, 6.45) is 4.86. The zero-order valence-corrected chi connectivity index (χ0v) is 26.0. The van der Waals surface area contributed by atoms with Crippen LogP contribution >= 0.6 is 22.9 Å². The summed E-state index contributed by atoms with van der Waals surface area (Å²) in [6, 6.07) is 11.5. The Morgan fingerprint density at radius 1 is 1.02 bits per heavy atom. The van der Waals surface area contributed by atoms with Crippen LogP contribution in [0.3, 0.4) is 0 Å². The molecule has 7 nitrogen and oxygen atoms in total. The topological polar surface area (TPSA) is 74.8 Å². The van der Waals surface area contributed by atoms with Gasteiger partial charge >= 0.3 is 0 Å². The summed E-state index contributed by atoms with van der Waals surface area (Å²) in [5.74, 6) is -1.30. The molecule has 2 amide bonds. The zero-order chi connectivity index (χ0) is 30.8. The fraction of sp³-hybridized carbons (Fsp3) is 0.344. The first-order valence-corrected chi connectivity index (χ1v) is 15.2. The first-order valence-electron chi connectivity index (χ1n) is 14.0. The van der Waals surface area contributed by atoms with Gasteiger partial charge in [-0.1, -0.05) is 17.7 Å². The highest BCUT2D eigenvalue weighted by molar-refractivity contribution is 7.21. The molecule has 0 bridgehead atoms. The number of pyridine rings is 1. The van der Waals surface area contributed by atoms with Crippen molar-refractivity contribution in [2.75, 3.05) is 28.3 Å². The van der Waals surface area contributed by atoms with Crippen LogP contribution in [0.15, 0.2) is 48.7 Å². The summed E-state index contributed by atoms with van der Waals surface area (Å²) in [5.41, 5.74) is 2.67. The average Bonchev–Trinajstić information content (AvgIpc) is 3.39. The van der Waals surface area contributed by atoms with Crippen molar-refractivity contribution >= 4 is 44.8 Å². The van der Waals surface area contributed by atoms with Crippen LogP contribution < -0.4 is 10.1 Å². The number of fused-ring (bicyclic) bond motifs is 1. The molecule has 1 N–H and O–H groups in total. The summed E-state index contributed by atoms with van der Waals surface area (Å²) in [5, 5.41) is 3.17. The maximum Gasteiger partial charge on any atom is 0.271 e. The molecule has 5 rings (SSSR count). The first-order chi connectivity index (χ1) is 20.6. The lowest BCUT2D eigenvalue weighted by molar-refractivity contribution is 0.0604. The molecule has 0 saturated heterocycles. The number of amides is 2. The highest BCUT2D eigenvalue weighted by Gasteiger charge is 2.33. The van der Waals surface area contributed by atoms with Crippen LogP contribution in [-0.2, 0) is 6.54 Å². The van der Waals surface area contributed by atoms with Crippen molar-refractivity contribution in [3.63, 3.8) is 0 Å². The molecule has 1 aliphatic carbocycles. The fourth-order valence-electron chi connectivity index (χ4n) is 5.63. The van der Waals surface area contributed by atoms with Gasteiger partial charge in [0.2, 0.25) is 0 Å². The van der Waals surface area contributed by atoms with Crippen LogP contribution in [0.4, 0.5) is 8.78 Å². The quantitative estimate of drug-likeness (QED) is 0.233. The lowest BCUT2D eigenvalue weighted by Gasteiger charge is -2.37.